The van der Waals surface area contributed by atoms with Gasteiger partial charge in [0.15, 0.2) is 0 Å². The molecule has 0 radical (unpaired) electrons. The summed E-state index contributed by atoms with van der Waals surface area (Å²) in [5.41, 5.74) is 5.81. The van der Waals surface area contributed by atoms with Gasteiger partial charge in [0.2, 0.25) is 0 Å². The number of nitrogen functional groups attached to an aromatic ring is 1. The SMILES string of the molecule is CC(C)Cn1ccnc(Oc2ccc(N)c(Cl)c2)c1=O. The summed E-state index contributed by atoms with van der Waals surface area (Å²) in [6.07, 6.45) is 3.18. The lowest BCUT2D eigenvalue weighted by Gasteiger charge is -2.10. The number of nitrogens with zero attached hydrogens (tertiary/aromatic N) is 2. The molecular formula is C14H16ClN3O2. The van der Waals surface area contributed by atoms with Gasteiger partial charge in [0.1, 0.15) is 5.75 Å². The third-order valence-corrected chi connectivity index (χ3v) is 2.96. The standard InChI is InChI=1S/C14H16ClN3O2/c1-9(2)8-18-6-5-17-13(14(18)19)20-10-3-4-12(16)11(15)7-10/h3-7,9H,8,16H2,1-2H3. The molecule has 0 atom stereocenters. The highest BCUT2D eigenvalue weighted by atomic mass is 35.5. The molecule has 106 valence electrons. The van der Waals surface area contributed by atoms with E-state index in [1.807, 2.05) is 13.8 Å². The normalized spacial score (nSPS) is 10.8. The van der Waals surface area contributed by atoms with E-state index in [4.69, 9.17) is 22.1 Å². The number of halogens is 1. The van der Waals surface area contributed by atoms with Crippen LogP contribution in [0.4, 0.5) is 5.69 Å². The van der Waals surface area contributed by atoms with Gasteiger partial charge in [-0.3, -0.25) is 4.79 Å². The number of anilines is 1. The van der Waals surface area contributed by atoms with Crippen LogP contribution in [0, 0.1) is 5.92 Å². The Kier molecular flexibility index (Phi) is 4.29. The number of hydrogen-bond acceptors (Lipinski definition) is 4. The van der Waals surface area contributed by atoms with E-state index in [1.165, 1.54) is 6.20 Å². The van der Waals surface area contributed by atoms with Crippen LogP contribution in [0.15, 0.2) is 35.4 Å². The molecule has 0 bridgehead atoms. The van der Waals surface area contributed by atoms with Crippen LogP contribution in [0.25, 0.3) is 0 Å². The quantitative estimate of drug-likeness (QED) is 0.880. The highest BCUT2D eigenvalue weighted by Gasteiger charge is 2.09. The van der Waals surface area contributed by atoms with Crippen molar-refractivity contribution in [2.45, 2.75) is 20.4 Å². The summed E-state index contributed by atoms with van der Waals surface area (Å²) < 4.78 is 7.06. The molecule has 0 aliphatic rings. The molecule has 1 aromatic heterocycles. The van der Waals surface area contributed by atoms with Crippen molar-refractivity contribution in [3.8, 4) is 11.6 Å². The van der Waals surface area contributed by atoms with Crippen molar-refractivity contribution >= 4 is 17.3 Å². The van der Waals surface area contributed by atoms with Gasteiger partial charge in [-0.15, -0.1) is 0 Å². The molecule has 0 unspecified atom stereocenters. The molecule has 0 amide bonds. The molecule has 2 N–H and O–H groups in total. The molecule has 5 nitrogen and oxygen atoms in total. The van der Waals surface area contributed by atoms with Crippen LogP contribution in [0.1, 0.15) is 13.8 Å². The number of hydrogen-bond donors (Lipinski definition) is 1. The molecule has 0 spiro atoms. The molecular weight excluding hydrogens is 278 g/mol. The number of nitrogens with two attached hydrogens (primary N) is 1. The lowest BCUT2D eigenvalue weighted by Crippen LogP contribution is -2.23. The summed E-state index contributed by atoms with van der Waals surface area (Å²) >= 11 is 5.91. The molecule has 0 saturated carbocycles. The second-order valence-electron chi connectivity index (χ2n) is 4.87. The first-order chi connectivity index (χ1) is 9.47. The first kappa shape index (κ1) is 14.4. The Morgan fingerprint density at radius 1 is 1.45 bits per heavy atom. The molecule has 6 heteroatoms. The Labute approximate surface area is 122 Å². The van der Waals surface area contributed by atoms with E-state index in [-0.39, 0.29) is 11.4 Å². The minimum atomic E-state index is -0.269. The molecule has 0 fully saturated rings. The predicted molar refractivity (Wildman–Crippen MR) is 79.3 cm³/mol. The van der Waals surface area contributed by atoms with E-state index in [0.717, 1.165) is 0 Å². The molecule has 2 rings (SSSR count). The maximum Gasteiger partial charge on any atom is 0.313 e. The van der Waals surface area contributed by atoms with Crippen molar-refractivity contribution in [3.05, 3.63) is 46.0 Å². The fourth-order valence-electron chi connectivity index (χ4n) is 1.72. The lowest BCUT2D eigenvalue weighted by atomic mass is 10.2. The minimum absolute atomic E-state index is 0.0222. The molecule has 1 aromatic carbocycles. The number of aromatic nitrogens is 2. The highest BCUT2D eigenvalue weighted by molar-refractivity contribution is 6.33. The zero-order valence-electron chi connectivity index (χ0n) is 11.3. The Hall–Kier alpha value is -2.01. The van der Waals surface area contributed by atoms with Crippen molar-refractivity contribution in [3.63, 3.8) is 0 Å². The molecule has 0 saturated heterocycles. The van der Waals surface area contributed by atoms with Gasteiger partial charge in [0.05, 0.1) is 10.7 Å². The maximum atomic E-state index is 12.2. The molecule has 0 aliphatic heterocycles. The van der Waals surface area contributed by atoms with Gasteiger partial charge >= 0.3 is 5.56 Å². The first-order valence-electron chi connectivity index (χ1n) is 6.25. The van der Waals surface area contributed by atoms with Gasteiger partial charge in [-0.2, -0.15) is 0 Å². The van der Waals surface area contributed by atoms with Crippen LogP contribution < -0.4 is 16.0 Å². The number of benzene rings is 1. The molecule has 0 aliphatic carbocycles. The lowest BCUT2D eigenvalue weighted by molar-refractivity contribution is 0.432. The second-order valence-corrected chi connectivity index (χ2v) is 5.28. The second kappa shape index (κ2) is 5.96. The zero-order valence-corrected chi connectivity index (χ0v) is 12.1. The van der Waals surface area contributed by atoms with Crippen molar-refractivity contribution in [2.24, 2.45) is 5.92 Å². The highest BCUT2D eigenvalue weighted by Crippen LogP contribution is 2.26. The number of ether oxygens (including phenoxy) is 1. The largest absolute Gasteiger partial charge is 0.435 e. The van der Waals surface area contributed by atoms with Gasteiger partial charge in [-0.05, 0) is 18.1 Å². The van der Waals surface area contributed by atoms with E-state index in [2.05, 4.69) is 4.98 Å². The molecule has 20 heavy (non-hydrogen) atoms. The van der Waals surface area contributed by atoms with E-state index in [1.54, 1.807) is 29.0 Å². The van der Waals surface area contributed by atoms with Crippen LogP contribution in [-0.2, 0) is 6.54 Å². The smallest absolute Gasteiger partial charge is 0.313 e. The summed E-state index contributed by atoms with van der Waals surface area (Å²) in [6.45, 7) is 4.68. The number of rotatable bonds is 4. The van der Waals surface area contributed by atoms with Crippen LogP contribution >= 0.6 is 11.6 Å². The average molecular weight is 294 g/mol. The van der Waals surface area contributed by atoms with E-state index in [0.29, 0.717) is 28.9 Å². The first-order valence-corrected chi connectivity index (χ1v) is 6.63. The Morgan fingerprint density at radius 3 is 2.85 bits per heavy atom. The van der Waals surface area contributed by atoms with Crippen LogP contribution in [-0.4, -0.2) is 9.55 Å². The van der Waals surface area contributed by atoms with Crippen LogP contribution in [0.5, 0.6) is 11.6 Å². The molecule has 2 aromatic rings. The Bertz CT molecular complexity index is 668. The van der Waals surface area contributed by atoms with Crippen molar-refractivity contribution in [1.82, 2.24) is 9.55 Å². The summed E-state index contributed by atoms with van der Waals surface area (Å²) in [5, 5.41) is 0.376. The average Bonchev–Trinajstić information content (AvgIpc) is 2.38. The summed E-state index contributed by atoms with van der Waals surface area (Å²) in [5.74, 6) is 0.805. The van der Waals surface area contributed by atoms with E-state index >= 15 is 0 Å². The summed E-state index contributed by atoms with van der Waals surface area (Å²) in [7, 11) is 0. The van der Waals surface area contributed by atoms with Gasteiger partial charge < -0.3 is 15.0 Å². The monoisotopic (exact) mass is 293 g/mol. The van der Waals surface area contributed by atoms with Crippen molar-refractivity contribution in [2.75, 3.05) is 5.73 Å². The predicted octanol–water partition coefficient (Wildman–Crippen LogP) is 2.93. The van der Waals surface area contributed by atoms with Crippen molar-refractivity contribution in [1.29, 1.82) is 0 Å². The van der Waals surface area contributed by atoms with Gasteiger partial charge in [0.25, 0.3) is 5.88 Å². The van der Waals surface area contributed by atoms with Gasteiger partial charge in [0, 0.05) is 25.0 Å². The van der Waals surface area contributed by atoms with E-state index < -0.39 is 0 Å². The van der Waals surface area contributed by atoms with Gasteiger partial charge in [-0.1, -0.05) is 25.4 Å². The van der Waals surface area contributed by atoms with Crippen LogP contribution in [0.3, 0.4) is 0 Å². The zero-order chi connectivity index (χ0) is 14.7. The molecule has 1 heterocycles. The van der Waals surface area contributed by atoms with Gasteiger partial charge in [-0.25, -0.2) is 4.98 Å². The maximum absolute atomic E-state index is 12.2. The topological polar surface area (TPSA) is 70.1 Å². The third kappa shape index (κ3) is 3.30. The Morgan fingerprint density at radius 2 is 2.20 bits per heavy atom. The Balaban J connectivity index is 2.29. The summed E-state index contributed by atoms with van der Waals surface area (Å²) in [6, 6.07) is 4.81. The van der Waals surface area contributed by atoms with Crippen LogP contribution in [0.2, 0.25) is 5.02 Å². The fraction of sp³-hybridized carbons (Fsp3) is 0.286. The third-order valence-electron chi connectivity index (χ3n) is 2.63. The van der Waals surface area contributed by atoms with E-state index in [9.17, 15) is 4.79 Å². The summed E-state index contributed by atoms with van der Waals surface area (Å²) in [4.78, 5) is 16.1. The fourth-order valence-corrected chi connectivity index (χ4v) is 1.89. The van der Waals surface area contributed by atoms with Crippen molar-refractivity contribution < 1.29 is 4.74 Å². The minimum Gasteiger partial charge on any atom is -0.435 e.